The third kappa shape index (κ3) is 2.43. The van der Waals surface area contributed by atoms with Gasteiger partial charge in [0, 0.05) is 34.8 Å². The van der Waals surface area contributed by atoms with E-state index in [1.165, 1.54) is 0 Å². The monoisotopic (exact) mass is 314 g/mol. The molecule has 1 saturated heterocycles. The van der Waals surface area contributed by atoms with E-state index in [4.69, 9.17) is 11.6 Å². The number of carbonyl (C=O) groups excluding carboxylic acids is 1. The summed E-state index contributed by atoms with van der Waals surface area (Å²) in [5.74, 6) is 0.347. The first-order chi connectivity index (χ1) is 9.00. The van der Waals surface area contributed by atoms with Gasteiger partial charge in [-0.25, -0.2) is 0 Å². The first-order valence-corrected chi connectivity index (χ1v) is 7.19. The van der Waals surface area contributed by atoms with Crippen molar-refractivity contribution in [3.63, 3.8) is 0 Å². The molecular weight excluding hydrogens is 295 g/mol. The third-order valence-electron chi connectivity index (χ3n) is 4.19. The molecule has 3 nitrogen and oxygen atoms in total. The summed E-state index contributed by atoms with van der Waals surface area (Å²) in [6, 6.07) is 5.85. The highest BCUT2D eigenvalue weighted by atomic mass is 35.5. The molecule has 1 N–H and O–H groups in total. The van der Waals surface area contributed by atoms with Crippen LogP contribution in [0.25, 0.3) is 0 Å². The van der Waals surface area contributed by atoms with Crippen molar-refractivity contribution in [3.8, 4) is 0 Å². The van der Waals surface area contributed by atoms with Gasteiger partial charge in [-0.05, 0) is 25.1 Å². The Morgan fingerprint density at radius 1 is 1.45 bits per heavy atom. The van der Waals surface area contributed by atoms with E-state index >= 15 is 0 Å². The number of amides is 1. The van der Waals surface area contributed by atoms with Crippen molar-refractivity contribution in [2.75, 3.05) is 24.5 Å². The number of anilines is 1. The second-order valence-electron chi connectivity index (χ2n) is 6.13. The van der Waals surface area contributed by atoms with E-state index in [0.29, 0.717) is 0 Å². The summed E-state index contributed by atoms with van der Waals surface area (Å²) < 4.78 is 0. The molecule has 0 spiro atoms. The lowest BCUT2D eigenvalue weighted by atomic mass is 9.87. The molecule has 1 aromatic carbocycles. The van der Waals surface area contributed by atoms with Crippen molar-refractivity contribution in [2.45, 2.75) is 25.7 Å². The maximum Gasteiger partial charge on any atom is 0.231 e. The lowest BCUT2D eigenvalue weighted by molar-refractivity contribution is -0.121. The van der Waals surface area contributed by atoms with Crippen LogP contribution in [0.4, 0.5) is 5.69 Å². The zero-order chi connectivity index (χ0) is 13.6. The molecule has 1 amide bonds. The van der Waals surface area contributed by atoms with E-state index in [1.807, 2.05) is 23.1 Å². The second kappa shape index (κ2) is 5.55. The zero-order valence-electron chi connectivity index (χ0n) is 11.8. The lowest BCUT2D eigenvalue weighted by Gasteiger charge is -2.23. The molecule has 3 rings (SSSR count). The van der Waals surface area contributed by atoms with Crippen molar-refractivity contribution in [2.24, 2.45) is 5.92 Å². The van der Waals surface area contributed by atoms with Gasteiger partial charge in [-0.3, -0.25) is 4.79 Å². The van der Waals surface area contributed by atoms with Crippen LogP contribution in [0.1, 0.15) is 25.8 Å². The predicted octanol–water partition coefficient (Wildman–Crippen LogP) is 3.00. The van der Waals surface area contributed by atoms with Crippen LogP contribution in [0.3, 0.4) is 0 Å². The fourth-order valence-electron chi connectivity index (χ4n) is 3.25. The Kier molecular flexibility index (Phi) is 4.33. The summed E-state index contributed by atoms with van der Waals surface area (Å²) in [5.41, 5.74) is 2.03. The van der Waals surface area contributed by atoms with E-state index in [1.54, 1.807) is 0 Å². The van der Waals surface area contributed by atoms with E-state index in [0.717, 1.165) is 42.3 Å². The first kappa shape index (κ1) is 15.6. The van der Waals surface area contributed by atoms with Gasteiger partial charge >= 0.3 is 0 Å². The molecule has 20 heavy (non-hydrogen) atoms. The minimum absolute atomic E-state index is 0. The molecule has 2 aliphatic rings. The maximum absolute atomic E-state index is 12.7. The molecule has 2 heterocycles. The Morgan fingerprint density at radius 3 is 2.85 bits per heavy atom. The van der Waals surface area contributed by atoms with Crippen molar-refractivity contribution < 1.29 is 4.79 Å². The molecule has 0 saturated carbocycles. The minimum Gasteiger partial charge on any atom is -0.316 e. The van der Waals surface area contributed by atoms with Crippen molar-refractivity contribution >= 4 is 35.6 Å². The molecule has 0 aliphatic carbocycles. The Labute approximate surface area is 131 Å². The van der Waals surface area contributed by atoms with E-state index in [-0.39, 0.29) is 29.6 Å². The van der Waals surface area contributed by atoms with Crippen LogP contribution in [0.2, 0.25) is 5.02 Å². The van der Waals surface area contributed by atoms with Gasteiger partial charge in [0.25, 0.3) is 0 Å². The number of benzene rings is 1. The molecular formula is C15H20Cl2N2O. The van der Waals surface area contributed by atoms with Gasteiger partial charge < -0.3 is 10.2 Å². The fraction of sp³-hybridized carbons (Fsp3) is 0.533. The van der Waals surface area contributed by atoms with Crippen LogP contribution in [0.15, 0.2) is 18.2 Å². The molecule has 5 heteroatoms. The van der Waals surface area contributed by atoms with Gasteiger partial charge in [-0.15, -0.1) is 12.4 Å². The van der Waals surface area contributed by atoms with E-state index in [2.05, 4.69) is 19.2 Å². The summed E-state index contributed by atoms with van der Waals surface area (Å²) in [6.45, 7) is 6.76. The average molecular weight is 315 g/mol. The molecule has 1 fully saturated rings. The number of fused-ring (bicyclic) bond motifs is 1. The highest BCUT2D eigenvalue weighted by Gasteiger charge is 2.41. The summed E-state index contributed by atoms with van der Waals surface area (Å²) in [4.78, 5) is 14.6. The Hall–Kier alpha value is -0.770. The number of carbonyl (C=O) groups is 1. The smallest absolute Gasteiger partial charge is 0.231 e. The highest BCUT2D eigenvalue weighted by molar-refractivity contribution is 6.32. The van der Waals surface area contributed by atoms with Crippen LogP contribution in [-0.2, 0) is 10.2 Å². The Morgan fingerprint density at radius 2 is 2.20 bits per heavy atom. The van der Waals surface area contributed by atoms with Crippen LogP contribution in [0.5, 0.6) is 0 Å². The summed E-state index contributed by atoms with van der Waals surface area (Å²) in [5, 5.41) is 4.03. The van der Waals surface area contributed by atoms with Gasteiger partial charge in [0.2, 0.25) is 5.91 Å². The largest absolute Gasteiger partial charge is 0.316 e. The first-order valence-electron chi connectivity index (χ1n) is 6.82. The van der Waals surface area contributed by atoms with Crippen LogP contribution >= 0.6 is 24.0 Å². The Balaban J connectivity index is 0.00000147. The highest BCUT2D eigenvalue weighted by Crippen LogP contribution is 2.44. The average Bonchev–Trinajstić information content (AvgIpc) is 2.95. The van der Waals surface area contributed by atoms with Crippen LogP contribution in [0, 0.1) is 5.92 Å². The molecule has 0 radical (unpaired) electrons. The molecule has 1 atom stereocenters. The SMILES string of the molecule is CC1(C)CN(C(=O)C2CCNC2)c2cccc(Cl)c21.Cl. The second-order valence-corrected chi connectivity index (χ2v) is 6.54. The van der Waals surface area contributed by atoms with E-state index in [9.17, 15) is 4.79 Å². The number of halogens is 2. The topological polar surface area (TPSA) is 32.3 Å². The number of rotatable bonds is 1. The van der Waals surface area contributed by atoms with Crippen molar-refractivity contribution in [1.82, 2.24) is 5.32 Å². The normalized spacial score (nSPS) is 23.4. The summed E-state index contributed by atoms with van der Waals surface area (Å²) >= 11 is 6.33. The van der Waals surface area contributed by atoms with E-state index < -0.39 is 0 Å². The number of nitrogens with zero attached hydrogens (tertiary/aromatic N) is 1. The molecule has 1 aromatic rings. The molecule has 2 aliphatic heterocycles. The van der Waals surface area contributed by atoms with Gasteiger partial charge in [0.05, 0.1) is 5.92 Å². The number of hydrogen-bond donors (Lipinski definition) is 1. The van der Waals surface area contributed by atoms with Crippen molar-refractivity contribution in [1.29, 1.82) is 0 Å². The van der Waals surface area contributed by atoms with Crippen LogP contribution in [-0.4, -0.2) is 25.5 Å². The standard InChI is InChI=1S/C15H19ClN2O.ClH/c1-15(2)9-18(14(19)10-6-7-17-8-10)12-5-3-4-11(16)13(12)15;/h3-5,10,17H,6-9H2,1-2H3;1H. The molecule has 0 bridgehead atoms. The third-order valence-corrected chi connectivity index (χ3v) is 4.50. The summed E-state index contributed by atoms with van der Waals surface area (Å²) in [7, 11) is 0. The van der Waals surface area contributed by atoms with Gasteiger partial charge in [0.1, 0.15) is 0 Å². The number of nitrogens with one attached hydrogen (secondary N) is 1. The van der Waals surface area contributed by atoms with Gasteiger partial charge in [-0.2, -0.15) is 0 Å². The van der Waals surface area contributed by atoms with Crippen LogP contribution < -0.4 is 10.2 Å². The van der Waals surface area contributed by atoms with Gasteiger partial charge in [0.15, 0.2) is 0 Å². The zero-order valence-corrected chi connectivity index (χ0v) is 13.4. The fourth-order valence-corrected chi connectivity index (χ4v) is 3.67. The number of hydrogen-bond acceptors (Lipinski definition) is 2. The van der Waals surface area contributed by atoms with Gasteiger partial charge in [-0.1, -0.05) is 31.5 Å². The maximum atomic E-state index is 12.7. The Bertz CT molecular complexity index is 525. The molecule has 0 aromatic heterocycles. The molecule has 1 unspecified atom stereocenters. The summed E-state index contributed by atoms with van der Waals surface area (Å²) in [6.07, 6.45) is 0.936. The lowest BCUT2D eigenvalue weighted by Crippen LogP contribution is -2.38. The quantitative estimate of drug-likeness (QED) is 0.864. The minimum atomic E-state index is -0.0740. The predicted molar refractivity (Wildman–Crippen MR) is 85.1 cm³/mol. The molecule has 110 valence electrons. The van der Waals surface area contributed by atoms with Crippen molar-refractivity contribution in [3.05, 3.63) is 28.8 Å².